The minimum absolute atomic E-state index is 0.527. The molecule has 0 radical (unpaired) electrons. The summed E-state index contributed by atoms with van der Waals surface area (Å²) in [4.78, 5) is 19.8. The molecular formula is C16H17N3O3. The van der Waals surface area contributed by atoms with Crippen molar-refractivity contribution < 1.29 is 14.6 Å². The molecule has 0 aliphatic rings. The Bertz CT molecular complexity index is 669. The largest absolute Gasteiger partial charge is 0.481 e. The second-order valence-electron chi connectivity index (χ2n) is 4.51. The summed E-state index contributed by atoms with van der Waals surface area (Å²) >= 11 is 0. The summed E-state index contributed by atoms with van der Waals surface area (Å²) in [6.07, 6.45) is 3.28. The summed E-state index contributed by atoms with van der Waals surface area (Å²) < 4.78 is 4.99. The number of aromatic nitrogens is 1. The van der Waals surface area contributed by atoms with Crippen molar-refractivity contribution in [3.05, 3.63) is 53.7 Å². The molecule has 6 heteroatoms. The number of carbonyl (C=O) groups is 1. The number of nitrogens with zero attached hydrogens (tertiary/aromatic N) is 2. The van der Waals surface area contributed by atoms with Crippen LogP contribution in [-0.2, 0) is 4.79 Å². The van der Waals surface area contributed by atoms with Crippen molar-refractivity contribution in [3.8, 4) is 5.88 Å². The highest BCUT2D eigenvalue weighted by Crippen LogP contribution is 2.25. The third-order valence-electron chi connectivity index (χ3n) is 3.10. The normalized spacial score (nSPS) is 12.3. The fourth-order valence-corrected chi connectivity index (χ4v) is 1.99. The van der Waals surface area contributed by atoms with E-state index in [0.717, 1.165) is 5.56 Å². The van der Waals surface area contributed by atoms with E-state index in [1.807, 2.05) is 12.1 Å². The zero-order chi connectivity index (χ0) is 15.9. The summed E-state index contributed by atoms with van der Waals surface area (Å²) in [7, 11) is 3.16. The number of aliphatic carboxylic acids is 1. The summed E-state index contributed by atoms with van der Waals surface area (Å²) in [5, 5.41) is 12.0. The van der Waals surface area contributed by atoms with E-state index < -0.39 is 12.0 Å². The summed E-state index contributed by atoms with van der Waals surface area (Å²) in [5.74, 6) is -0.421. The van der Waals surface area contributed by atoms with Crippen molar-refractivity contribution >= 4 is 17.9 Å². The lowest BCUT2D eigenvalue weighted by atomic mass is 10.1. The Morgan fingerprint density at radius 3 is 2.73 bits per heavy atom. The van der Waals surface area contributed by atoms with E-state index in [2.05, 4.69) is 15.3 Å². The fourth-order valence-electron chi connectivity index (χ4n) is 1.99. The van der Waals surface area contributed by atoms with Gasteiger partial charge in [0.05, 0.1) is 12.8 Å². The average molecular weight is 299 g/mol. The highest BCUT2D eigenvalue weighted by molar-refractivity contribution is 5.83. The lowest BCUT2D eigenvalue weighted by molar-refractivity contribution is -0.139. The van der Waals surface area contributed by atoms with Gasteiger partial charge in [-0.2, -0.15) is 0 Å². The Morgan fingerprint density at radius 2 is 2.14 bits per heavy atom. The molecule has 1 aromatic heterocycles. The van der Waals surface area contributed by atoms with Gasteiger partial charge < -0.3 is 15.2 Å². The quantitative estimate of drug-likeness (QED) is 0.799. The number of pyridine rings is 1. The minimum Gasteiger partial charge on any atom is -0.481 e. The van der Waals surface area contributed by atoms with Crippen molar-refractivity contribution in [3.63, 3.8) is 0 Å². The zero-order valence-electron chi connectivity index (χ0n) is 12.4. The molecule has 1 aromatic carbocycles. The van der Waals surface area contributed by atoms with Crippen LogP contribution in [0.25, 0.3) is 0 Å². The first-order valence-corrected chi connectivity index (χ1v) is 6.69. The Kier molecular flexibility index (Phi) is 5.21. The number of rotatable bonds is 6. The molecule has 0 aliphatic heterocycles. The molecule has 2 rings (SSSR count). The second kappa shape index (κ2) is 7.33. The molecule has 2 aromatic rings. The van der Waals surface area contributed by atoms with Crippen LogP contribution >= 0.6 is 0 Å². The van der Waals surface area contributed by atoms with Crippen LogP contribution in [0.1, 0.15) is 17.2 Å². The first kappa shape index (κ1) is 15.7. The standard InChI is InChI=1S/C16H17N3O3/c1-17-15(16(20)21)12-5-3-4-6-13(12)18-9-11-7-8-14(22-2)19-10-11/h3-10,15,17H,1-2H3,(H,20,21). The van der Waals surface area contributed by atoms with E-state index in [1.54, 1.807) is 50.8 Å². The summed E-state index contributed by atoms with van der Waals surface area (Å²) in [5.41, 5.74) is 2.00. The average Bonchev–Trinajstić information content (AvgIpc) is 2.55. The number of carboxylic acids is 1. The van der Waals surface area contributed by atoms with Crippen LogP contribution < -0.4 is 10.1 Å². The van der Waals surface area contributed by atoms with Crippen molar-refractivity contribution in [1.29, 1.82) is 0 Å². The number of likely N-dealkylation sites (N-methyl/N-ethyl adjacent to an activating group) is 1. The van der Waals surface area contributed by atoms with Gasteiger partial charge in [0.1, 0.15) is 6.04 Å². The number of hydrogen-bond donors (Lipinski definition) is 2. The molecule has 0 saturated carbocycles. The van der Waals surface area contributed by atoms with Gasteiger partial charge in [-0.05, 0) is 19.2 Å². The molecule has 6 nitrogen and oxygen atoms in total. The van der Waals surface area contributed by atoms with Crippen molar-refractivity contribution in [2.45, 2.75) is 6.04 Å². The van der Waals surface area contributed by atoms with Crippen LogP contribution in [-0.4, -0.2) is 36.4 Å². The van der Waals surface area contributed by atoms with Gasteiger partial charge in [-0.1, -0.05) is 18.2 Å². The van der Waals surface area contributed by atoms with Crippen LogP contribution in [0.2, 0.25) is 0 Å². The Balaban J connectivity index is 2.28. The van der Waals surface area contributed by atoms with Gasteiger partial charge in [0.2, 0.25) is 5.88 Å². The molecule has 0 amide bonds. The van der Waals surface area contributed by atoms with E-state index in [-0.39, 0.29) is 0 Å². The number of carboxylic acid groups (broad SMARTS) is 1. The predicted molar refractivity (Wildman–Crippen MR) is 83.9 cm³/mol. The lowest BCUT2D eigenvalue weighted by Gasteiger charge is -2.13. The molecule has 1 heterocycles. The SMILES string of the molecule is CNC(C(=O)O)c1ccccc1N=Cc1ccc(OC)nc1. The van der Waals surface area contributed by atoms with Crippen LogP contribution in [0.4, 0.5) is 5.69 Å². The van der Waals surface area contributed by atoms with E-state index in [4.69, 9.17) is 4.74 Å². The van der Waals surface area contributed by atoms with Gasteiger partial charge in [-0.15, -0.1) is 0 Å². The fraction of sp³-hybridized carbons (Fsp3) is 0.188. The highest BCUT2D eigenvalue weighted by atomic mass is 16.5. The molecule has 0 aliphatic carbocycles. The first-order valence-electron chi connectivity index (χ1n) is 6.69. The Labute approximate surface area is 128 Å². The number of hydrogen-bond acceptors (Lipinski definition) is 5. The highest BCUT2D eigenvalue weighted by Gasteiger charge is 2.19. The third kappa shape index (κ3) is 3.67. The number of methoxy groups -OCH3 is 1. The second-order valence-corrected chi connectivity index (χ2v) is 4.51. The lowest BCUT2D eigenvalue weighted by Crippen LogP contribution is -2.24. The van der Waals surface area contributed by atoms with Crippen LogP contribution in [0.15, 0.2) is 47.6 Å². The minimum atomic E-state index is -0.948. The smallest absolute Gasteiger partial charge is 0.325 e. The number of benzene rings is 1. The molecular weight excluding hydrogens is 282 g/mol. The monoisotopic (exact) mass is 299 g/mol. The molecule has 0 bridgehead atoms. The van der Waals surface area contributed by atoms with Gasteiger partial charge >= 0.3 is 5.97 Å². The molecule has 1 atom stereocenters. The molecule has 0 spiro atoms. The maximum atomic E-state index is 11.3. The topological polar surface area (TPSA) is 83.8 Å². The molecule has 2 N–H and O–H groups in total. The maximum absolute atomic E-state index is 11.3. The van der Waals surface area contributed by atoms with Crippen molar-refractivity contribution in [1.82, 2.24) is 10.3 Å². The Hall–Kier alpha value is -2.73. The van der Waals surface area contributed by atoms with Gasteiger partial charge in [-0.3, -0.25) is 9.79 Å². The predicted octanol–water partition coefficient (Wildman–Crippen LogP) is 2.19. The van der Waals surface area contributed by atoms with Crippen molar-refractivity contribution in [2.24, 2.45) is 4.99 Å². The number of para-hydroxylation sites is 1. The molecule has 0 saturated heterocycles. The first-order chi connectivity index (χ1) is 10.7. The molecule has 1 unspecified atom stereocenters. The van der Waals surface area contributed by atoms with E-state index in [1.165, 1.54) is 0 Å². The van der Waals surface area contributed by atoms with Gasteiger partial charge in [-0.25, -0.2) is 4.98 Å². The van der Waals surface area contributed by atoms with Gasteiger partial charge in [0.25, 0.3) is 0 Å². The molecule has 114 valence electrons. The van der Waals surface area contributed by atoms with Crippen molar-refractivity contribution in [2.75, 3.05) is 14.2 Å². The summed E-state index contributed by atoms with van der Waals surface area (Å²) in [6, 6.07) is 9.88. The van der Waals surface area contributed by atoms with Crippen LogP contribution in [0, 0.1) is 0 Å². The molecule has 22 heavy (non-hydrogen) atoms. The number of ether oxygens (including phenoxy) is 1. The van der Waals surface area contributed by atoms with Gasteiger partial charge in [0, 0.05) is 29.6 Å². The van der Waals surface area contributed by atoms with Crippen LogP contribution in [0.3, 0.4) is 0 Å². The zero-order valence-corrected chi connectivity index (χ0v) is 12.4. The maximum Gasteiger partial charge on any atom is 0.325 e. The number of nitrogens with one attached hydrogen (secondary N) is 1. The third-order valence-corrected chi connectivity index (χ3v) is 3.10. The van der Waals surface area contributed by atoms with Crippen LogP contribution in [0.5, 0.6) is 5.88 Å². The van der Waals surface area contributed by atoms with E-state index in [0.29, 0.717) is 17.1 Å². The number of aliphatic imine (C=N–C) groups is 1. The Morgan fingerprint density at radius 1 is 1.36 bits per heavy atom. The van der Waals surface area contributed by atoms with E-state index in [9.17, 15) is 9.90 Å². The van der Waals surface area contributed by atoms with E-state index >= 15 is 0 Å². The van der Waals surface area contributed by atoms with Gasteiger partial charge in [0.15, 0.2) is 0 Å². The molecule has 0 fully saturated rings. The summed E-state index contributed by atoms with van der Waals surface area (Å²) in [6.45, 7) is 0.